The second-order valence-corrected chi connectivity index (χ2v) is 2.65. The Labute approximate surface area is 68.2 Å². The fraction of sp³-hybridized carbons (Fsp3) is 0.333. The van der Waals surface area contributed by atoms with E-state index in [1.165, 1.54) is 0 Å². The summed E-state index contributed by atoms with van der Waals surface area (Å²) in [6.07, 6.45) is 0. The Morgan fingerprint density at radius 3 is 1.64 bits per heavy atom. The van der Waals surface area contributed by atoms with E-state index in [9.17, 15) is 0 Å². The molecule has 0 aliphatic heterocycles. The van der Waals surface area contributed by atoms with Gasteiger partial charge in [-0.25, -0.2) is 0 Å². The number of rotatable bonds is 0. The van der Waals surface area contributed by atoms with E-state index in [4.69, 9.17) is 11.5 Å². The molecule has 0 heterocycles. The van der Waals surface area contributed by atoms with Gasteiger partial charge >= 0.3 is 0 Å². The fourth-order valence-electron chi connectivity index (χ4n) is 0.453. The van der Waals surface area contributed by atoms with Gasteiger partial charge in [0.05, 0.1) is 0 Å². The summed E-state index contributed by atoms with van der Waals surface area (Å²) >= 11 is 0. The lowest BCUT2D eigenvalue weighted by atomic mass is 10.3. The predicted octanol–water partition coefficient (Wildman–Crippen LogP) is 1.62. The first-order chi connectivity index (χ1) is 5.13. The van der Waals surface area contributed by atoms with E-state index >= 15 is 0 Å². The fourth-order valence-corrected chi connectivity index (χ4v) is 0.453. The van der Waals surface area contributed by atoms with Crippen LogP contribution in [0.4, 0.5) is 5.69 Å². The van der Waals surface area contributed by atoms with E-state index in [2.05, 4.69) is 0 Å². The van der Waals surface area contributed by atoms with Crippen molar-refractivity contribution in [2.24, 2.45) is 5.73 Å². The number of nitrogens with two attached hydrogens (primary N) is 2. The molecule has 1 aromatic rings. The number of hydrogen-bond donors (Lipinski definition) is 2. The van der Waals surface area contributed by atoms with Crippen LogP contribution in [0.25, 0.3) is 0 Å². The molecule has 0 spiro atoms. The molecule has 2 nitrogen and oxygen atoms in total. The molecule has 1 rings (SSSR count). The normalized spacial score (nSPS) is 8.73. The molecule has 0 amide bonds. The summed E-state index contributed by atoms with van der Waals surface area (Å²) in [7, 11) is 0. The van der Waals surface area contributed by atoms with Gasteiger partial charge in [-0.05, 0) is 18.2 Å². The van der Waals surface area contributed by atoms with Gasteiger partial charge in [0, 0.05) is 5.69 Å². The predicted molar refractivity (Wildman–Crippen MR) is 50.2 cm³/mol. The third-order valence-electron chi connectivity index (χ3n) is 0.800. The number of anilines is 1. The molecule has 0 unspecified atom stereocenters. The highest BCUT2D eigenvalue weighted by Crippen LogP contribution is 1.95. The quantitative estimate of drug-likeness (QED) is 0.555. The summed E-state index contributed by atoms with van der Waals surface area (Å²) in [6, 6.07) is 9.82. The molecule has 4 N–H and O–H groups in total. The molecular weight excluding hydrogens is 136 g/mol. The van der Waals surface area contributed by atoms with Crippen molar-refractivity contribution in [1.29, 1.82) is 0 Å². The van der Waals surface area contributed by atoms with Crippen molar-refractivity contribution in [3.8, 4) is 0 Å². The van der Waals surface area contributed by atoms with Gasteiger partial charge in [-0.15, -0.1) is 0 Å². The lowest BCUT2D eigenvalue weighted by Gasteiger charge is -1.83. The molecule has 0 atom stereocenters. The van der Waals surface area contributed by atoms with E-state index < -0.39 is 0 Å². The van der Waals surface area contributed by atoms with E-state index in [1.807, 2.05) is 44.2 Å². The number of hydrogen-bond acceptors (Lipinski definition) is 2. The van der Waals surface area contributed by atoms with Gasteiger partial charge in [0.2, 0.25) is 0 Å². The Bertz CT molecular complexity index is 167. The zero-order valence-electron chi connectivity index (χ0n) is 7.12. The third kappa shape index (κ3) is 8.98. The van der Waals surface area contributed by atoms with Crippen LogP contribution in [0.3, 0.4) is 0 Å². The van der Waals surface area contributed by atoms with Crippen LogP contribution >= 0.6 is 0 Å². The Morgan fingerprint density at radius 1 is 1.09 bits per heavy atom. The molecule has 2 heteroatoms. The molecule has 0 fully saturated rings. The minimum atomic E-state index is 0.333. The Morgan fingerprint density at radius 2 is 1.45 bits per heavy atom. The van der Waals surface area contributed by atoms with Crippen LogP contribution in [0.15, 0.2) is 30.3 Å². The first-order valence-electron chi connectivity index (χ1n) is 3.69. The lowest BCUT2D eigenvalue weighted by molar-refractivity contribution is 0.834. The number of para-hydroxylation sites is 1. The van der Waals surface area contributed by atoms with E-state index in [0.29, 0.717) is 6.04 Å². The zero-order chi connectivity index (χ0) is 8.69. The number of nitrogen functional groups attached to an aromatic ring is 1. The molecule has 0 radical (unpaired) electrons. The second kappa shape index (κ2) is 5.74. The summed E-state index contributed by atoms with van der Waals surface area (Å²) in [5, 5.41) is 0. The summed E-state index contributed by atoms with van der Waals surface area (Å²) in [5.41, 5.74) is 11.3. The summed E-state index contributed by atoms with van der Waals surface area (Å²) in [4.78, 5) is 0. The first kappa shape index (κ1) is 9.98. The maximum atomic E-state index is 5.36. The molecule has 0 aromatic heterocycles. The van der Waals surface area contributed by atoms with Gasteiger partial charge in [-0.2, -0.15) is 0 Å². The minimum absolute atomic E-state index is 0.333. The van der Waals surface area contributed by atoms with Crippen LogP contribution in [0.1, 0.15) is 13.8 Å². The SMILES string of the molecule is CC(C)N.Nc1ccccc1. The van der Waals surface area contributed by atoms with Crippen LogP contribution in [-0.4, -0.2) is 6.04 Å². The molecule has 11 heavy (non-hydrogen) atoms. The van der Waals surface area contributed by atoms with Crippen molar-refractivity contribution >= 4 is 5.69 Å². The molecule has 62 valence electrons. The van der Waals surface area contributed by atoms with E-state index in [1.54, 1.807) is 0 Å². The van der Waals surface area contributed by atoms with E-state index in [0.717, 1.165) is 5.69 Å². The van der Waals surface area contributed by atoms with Crippen LogP contribution in [0, 0.1) is 0 Å². The van der Waals surface area contributed by atoms with Crippen molar-refractivity contribution < 1.29 is 0 Å². The van der Waals surface area contributed by atoms with Crippen LogP contribution in [0.2, 0.25) is 0 Å². The molecule has 0 saturated carbocycles. The van der Waals surface area contributed by atoms with Crippen molar-refractivity contribution in [2.75, 3.05) is 5.73 Å². The monoisotopic (exact) mass is 152 g/mol. The maximum Gasteiger partial charge on any atom is 0.0313 e. The van der Waals surface area contributed by atoms with Crippen molar-refractivity contribution in [3.63, 3.8) is 0 Å². The highest BCUT2D eigenvalue weighted by atomic mass is 14.6. The van der Waals surface area contributed by atoms with Gasteiger partial charge in [0.15, 0.2) is 0 Å². The minimum Gasteiger partial charge on any atom is -0.399 e. The van der Waals surface area contributed by atoms with Gasteiger partial charge in [0.1, 0.15) is 0 Å². The lowest BCUT2D eigenvalue weighted by Crippen LogP contribution is -2.06. The smallest absolute Gasteiger partial charge is 0.0313 e. The topological polar surface area (TPSA) is 52.0 Å². The van der Waals surface area contributed by atoms with Crippen LogP contribution < -0.4 is 11.5 Å². The van der Waals surface area contributed by atoms with Crippen molar-refractivity contribution in [3.05, 3.63) is 30.3 Å². The molecule has 1 aromatic carbocycles. The van der Waals surface area contributed by atoms with Gasteiger partial charge < -0.3 is 11.5 Å². The Kier molecular flexibility index (Phi) is 5.21. The third-order valence-corrected chi connectivity index (χ3v) is 0.800. The average Bonchev–Trinajstić information content (AvgIpc) is 1.87. The second-order valence-electron chi connectivity index (χ2n) is 2.65. The summed E-state index contributed by atoms with van der Waals surface area (Å²) in [5.74, 6) is 0. The van der Waals surface area contributed by atoms with Gasteiger partial charge in [-0.3, -0.25) is 0 Å². The Balaban J connectivity index is 0.000000218. The van der Waals surface area contributed by atoms with E-state index in [-0.39, 0.29) is 0 Å². The first-order valence-corrected chi connectivity index (χ1v) is 3.69. The molecule has 0 bridgehead atoms. The molecule has 0 aliphatic rings. The standard InChI is InChI=1S/C6H7N.C3H9N/c7-6-4-2-1-3-5-6;1-3(2)4/h1-5H,7H2;3H,4H2,1-2H3. The maximum absolute atomic E-state index is 5.36. The van der Waals surface area contributed by atoms with Gasteiger partial charge in [-0.1, -0.05) is 32.0 Å². The number of benzene rings is 1. The molecular formula is C9H16N2. The van der Waals surface area contributed by atoms with Crippen molar-refractivity contribution in [1.82, 2.24) is 0 Å². The molecule has 0 saturated heterocycles. The Hall–Kier alpha value is -1.02. The zero-order valence-corrected chi connectivity index (χ0v) is 7.12. The van der Waals surface area contributed by atoms with Crippen LogP contribution in [-0.2, 0) is 0 Å². The summed E-state index contributed by atoms with van der Waals surface area (Å²) in [6.45, 7) is 3.89. The van der Waals surface area contributed by atoms with Crippen LogP contribution in [0.5, 0.6) is 0 Å². The highest BCUT2D eigenvalue weighted by Gasteiger charge is 1.72. The summed E-state index contributed by atoms with van der Waals surface area (Å²) < 4.78 is 0. The average molecular weight is 152 g/mol. The largest absolute Gasteiger partial charge is 0.399 e. The highest BCUT2D eigenvalue weighted by molar-refractivity contribution is 5.35. The van der Waals surface area contributed by atoms with Crippen molar-refractivity contribution in [2.45, 2.75) is 19.9 Å². The van der Waals surface area contributed by atoms with Gasteiger partial charge in [0.25, 0.3) is 0 Å². The molecule has 0 aliphatic carbocycles.